The highest BCUT2D eigenvalue weighted by Gasteiger charge is 2.28. The standard InChI is InChI=1S/C59H78O3/c1-3-5-19-58(61)55-41-37-53(38-42-55)51-33-29-49(30-34-51)47-25-21-45(22-26-47)15-11-7-9-13-17-57(60)18-14-10-8-12-16-46-23-27-48(28-24-46)50-31-35-52(36-32-50)54-39-43-56(44-40-54)59(62)20-6-4-2/h21-36,53-56H,3-20,37-44H2,1-2H3/t53-,54?,55-,56?. The lowest BCUT2D eigenvalue weighted by Crippen LogP contribution is -2.21. The number of hydrogen-bond acceptors (Lipinski definition) is 3. The topological polar surface area (TPSA) is 51.2 Å². The van der Waals surface area contributed by atoms with Crippen LogP contribution in [-0.2, 0) is 27.2 Å². The highest BCUT2D eigenvalue weighted by molar-refractivity contribution is 5.81. The second-order valence-electron chi connectivity index (χ2n) is 19.2. The van der Waals surface area contributed by atoms with Crippen LogP contribution in [0.4, 0.5) is 0 Å². The number of hydrogen-bond donors (Lipinski definition) is 0. The molecule has 0 radical (unpaired) electrons. The maximum absolute atomic E-state index is 12.6. The molecule has 3 nitrogen and oxygen atoms in total. The van der Waals surface area contributed by atoms with Crippen LogP contribution in [0.2, 0.25) is 0 Å². The Balaban J connectivity index is 0.769. The van der Waals surface area contributed by atoms with Crippen molar-refractivity contribution >= 4 is 17.3 Å². The molecular formula is C59H78O3. The summed E-state index contributed by atoms with van der Waals surface area (Å²) in [6.07, 6.45) is 27.3. The summed E-state index contributed by atoms with van der Waals surface area (Å²) < 4.78 is 0. The van der Waals surface area contributed by atoms with Gasteiger partial charge in [0.25, 0.3) is 0 Å². The third kappa shape index (κ3) is 15.0. The molecule has 0 saturated heterocycles. The molecule has 2 aliphatic carbocycles. The van der Waals surface area contributed by atoms with Gasteiger partial charge in [0.2, 0.25) is 0 Å². The first-order chi connectivity index (χ1) is 30.4. The molecule has 2 fully saturated rings. The van der Waals surface area contributed by atoms with E-state index in [4.69, 9.17) is 0 Å². The number of ketones is 3. The van der Waals surface area contributed by atoms with Gasteiger partial charge in [-0.25, -0.2) is 0 Å². The van der Waals surface area contributed by atoms with Gasteiger partial charge in [-0.15, -0.1) is 0 Å². The smallest absolute Gasteiger partial charge is 0.135 e. The van der Waals surface area contributed by atoms with Crippen LogP contribution in [-0.4, -0.2) is 17.3 Å². The minimum Gasteiger partial charge on any atom is -0.300 e. The number of rotatable bonds is 26. The van der Waals surface area contributed by atoms with Crippen LogP contribution in [0.1, 0.15) is 202 Å². The lowest BCUT2D eigenvalue weighted by molar-refractivity contribution is -0.124. The lowest BCUT2D eigenvalue weighted by atomic mass is 9.76. The molecule has 62 heavy (non-hydrogen) atoms. The van der Waals surface area contributed by atoms with Crippen molar-refractivity contribution in [2.75, 3.05) is 0 Å². The predicted molar refractivity (Wildman–Crippen MR) is 261 cm³/mol. The van der Waals surface area contributed by atoms with Gasteiger partial charge in [0.1, 0.15) is 17.3 Å². The summed E-state index contributed by atoms with van der Waals surface area (Å²) in [4.78, 5) is 37.5. The molecule has 0 aliphatic heterocycles. The van der Waals surface area contributed by atoms with Gasteiger partial charge in [-0.05, 0) is 159 Å². The summed E-state index contributed by atoms with van der Waals surface area (Å²) in [6.45, 7) is 4.33. The zero-order chi connectivity index (χ0) is 43.4. The fraction of sp³-hybridized carbons (Fsp3) is 0.542. The van der Waals surface area contributed by atoms with E-state index >= 15 is 0 Å². The number of benzene rings is 4. The summed E-state index contributed by atoms with van der Waals surface area (Å²) in [7, 11) is 0. The Bertz CT molecular complexity index is 1760. The zero-order valence-corrected chi connectivity index (χ0v) is 38.7. The molecule has 0 N–H and O–H groups in total. The van der Waals surface area contributed by atoms with E-state index in [-0.39, 0.29) is 0 Å². The van der Waals surface area contributed by atoms with Gasteiger partial charge in [0, 0.05) is 37.5 Å². The predicted octanol–water partition coefficient (Wildman–Crippen LogP) is 16.3. The fourth-order valence-electron chi connectivity index (χ4n) is 10.4. The molecule has 4 aromatic carbocycles. The number of unbranched alkanes of at least 4 members (excludes halogenated alkanes) is 8. The highest BCUT2D eigenvalue weighted by atomic mass is 16.1. The highest BCUT2D eigenvalue weighted by Crippen LogP contribution is 2.39. The summed E-state index contributed by atoms with van der Waals surface area (Å²) in [5.74, 6) is 3.21. The second-order valence-corrected chi connectivity index (χ2v) is 19.2. The number of Topliss-reactive ketones (excluding diaryl/α,β-unsaturated/α-hetero) is 3. The van der Waals surface area contributed by atoms with E-state index in [0.29, 0.717) is 41.0 Å². The largest absolute Gasteiger partial charge is 0.300 e. The first-order valence-corrected chi connectivity index (χ1v) is 25.4. The minimum absolute atomic E-state index is 0.298. The van der Waals surface area contributed by atoms with Crippen molar-refractivity contribution in [1.82, 2.24) is 0 Å². The van der Waals surface area contributed by atoms with Crippen molar-refractivity contribution in [2.24, 2.45) is 11.8 Å². The Labute approximate surface area is 376 Å². The van der Waals surface area contributed by atoms with Crippen molar-refractivity contribution in [2.45, 2.75) is 193 Å². The number of carbonyl (C=O) groups excluding carboxylic acids is 3. The van der Waals surface area contributed by atoms with Crippen LogP contribution in [0.3, 0.4) is 0 Å². The Kier molecular flexibility index (Phi) is 19.8. The van der Waals surface area contributed by atoms with E-state index < -0.39 is 0 Å². The van der Waals surface area contributed by atoms with Crippen molar-refractivity contribution in [3.8, 4) is 22.3 Å². The van der Waals surface area contributed by atoms with Gasteiger partial charge >= 0.3 is 0 Å². The maximum atomic E-state index is 12.6. The van der Waals surface area contributed by atoms with E-state index in [1.165, 1.54) is 70.2 Å². The van der Waals surface area contributed by atoms with Crippen LogP contribution in [0.25, 0.3) is 22.3 Å². The van der Waals surface area contributed by atoms with Crippen molar-refractivity contribution in [3.05, 3.63) is 119 Å². The molecule has 0 aromatic heterocycles. The van der Waals surface area contributed by atoms with Crippen LogP contribution in [0.5, 0.6) is 0 Å². The van der Waals surface area contributed by atoms with Crippen LogP contribution < -0.4 is 0 Å². The van der Waals surface area contributed by atoms with E-state index in [1.807, 2.05) is 0 Å². The van der Waals surface area contributed by atoms with Crippen LogP contribution >= 0.6 is 0 Å². The number of aryl methyl sites for hydroxylation is 2. The first-order valence-electron chi connectivity index (χ1n) is 25.4. The molecule has 0 heterocycles. The zero-order valence-electron chi connectivity index (χ0n) is 38.7. The molecule has 0 atom stereocenters. The second kappa shape index (κ2) is 25.9. The monoisotopic (exact) mass is 835 g/mol. The van der Waals surface area contributed by atoms with E-state index in [9.17, 15) is 14.4 Å². The minimum atomic E-state index is 0.298. The van der Waals surface area contributed by atoms with E-state index in [2.05, 4.69) is 111 Å². The van der Waals surface area contributed by atoms with Gasteiger partial charge in [-0.1, -0.05) is 149 Å². The third-order valence-electron chi connectivity index (χ3n) is 14.6. The Hall–Kier alpha value is -4.11. The van der Waals surface area contributed by atoms with Gasteiger partial charge in [-0.2, -0.15) is 0 Å². The first kappa shape index (κ1) is 47.4. The van der Waals surface area contributed by atoms with Gasteiger partial charge < -0.3 is 0 Å². The summed E-state index contributed by atoms with van der Waals surface area (Å²) >= 11 is 0. The maximum Gasteiger partial charge on any atom is 0.135 e. The SMILES string of the molecule is CCCCC(=O)C1CCC(c2ccc(-c3ccc(CCCCCCC(=O)CCCCCCc4ccc(-c5ccc([C@H]6CC[C@H](C(=O)CCCC)CC6)cc5)cc4)cc3)cc2)CC1. The Morgan fingerprint density at radius 2 is 0.694 bits per heavy atom. The fourth-order valence-corrected chi connectivity index (χ4v) is 10.4. The van der Waals surface area contributed by atoms with Crippen molar-refractivity contribution in [3.63, 3.8) is 0 Å². The van der Waals surface area contributed by atoms with E-state index in [0.717, 1.165) is 141 Å². The molecule has 6 rings (SSSR count). The molecule has 0 spiro atoms. The lowest BCUT2D eigenvalue weighted by Gasteiger charge is -2.28. The molecule has 0 unspecified atom stereocenters. The van der Waals surface area contributed by atoms with Crippen LogP contribution in [0.15, 0.2) is 97.1 Å². The quantitative estimate of drug-likeness (QED) is 0.0592. The van der Waals surface area contributed by atoms with Crippen molar-refractivity contribution in [1.29, 1.82) is 0 Å². The van der Waals surface area contributed by atoms with Crippen molar-refractivity contribution < 1.29 is 14.4 Å². The Morgan fingerprint density at radius 3 is 1.03 bits per heavy atom. The molecule has 2 aliphatic rings. The molecule has 332 valence electrons. The average molecular weight is 835 g/mol. The average Bonchev–Trinajstić information content (AvgIpc) is 3.32. The molecule has 2 saturated carbocycles. The molecular weight excluding hydrogens is 757 g/mol. The van der Waals surface area contributed by atoms with E-state index in [1.54, 1.807) is 0 Å². The van der Waals surface area contributed by atoms with Crippen LogP contribution in [0, 0.1) is 11.8 Å². The molecule has 3 heteroatoms. The normalized spacial score (nSPS) is 19.0. The Morgan fingerprint density at radius 1 is 0.371 bits per heavy atom. The third-order valence-corrected chi connectivity index (χ3v) is 14.6. The molecule has 0 amide bonds. The molecule has 0 bridgehead atoms. The summed E-state index contributed by atoms with van der Waals surface area (Å²) in [6, 6.07) is 36.6. The summed E-state index contributed by atoms with van der Waals surface area (Å²) in [5, 5.41) is 0. The number of carbonyl (C=O) groups is 3. The van der Waals surface area contributed by atoms with Gasteiger partial charge in [0.15, 0.2) is 0 Å². The summed E-state index contributed by atoms with van der Waals surface area (Å²) in [5.41, 5.74) is 10.7. The molecule has 4 aromatic rings. The van der Waals surface area contributed by atoms with Gasteiger partial charge in [-0.3, -0.25) is 14.4 Å². The van der Waals surface area contributed by atoms with Gasteiger partial charge in [0.05, 0.1) is 0 Å².